The summed E-state index contributed by atoms with van der Waals surface area (Å²) in [5.74, 6) is -1.03. The Balaban J connectivity index is 2.10. The molecule has 2 heterocycles. The average molecular weight is 402 g/mol. The van der Waals surface area contributed by atoms with Gasteiger partial charge in [0, 0.05) is 16.0 Å². The number of carboxylic acids is 1. The second-order valence-corrected chi connectivity index (χ2v) is 7.45. The van der Waals surface area contributed by atoms with Gasteiger partial charge in [-0.3, -0.25) is 0 Å². The highest BCUT2D eigenvalue weighted by Crippen LogP contribution is 2.41. The Bertz CT molecular complexity index is 1090. The minimum absolute atomic E-state index is 0.157. The van der Waals surface area contributed by atoms with Crippen molar-refractivity contribution in [1.29, 1.82) is 0 Å². The summed E-state index contributed by atoms with van der Waals surface area (Å²) in [4.78, 5) is 12.2. The van der Waals surface area contributed by atoms with Crippen molar-refractivity contribution in [2.75, 3.05) is 0 Å². The maximum atomic E-state index is 12.2. The van der Waals surface area contributed by atoms with Gasteiger partial charge >= 0.3 is 5.97 Å². The van der Waals surface area contributed by atoms with Crippen molar-refractivity contribution in [1.82, 2.24) is 4.57 Å². The smallest absolute Gasteiger partial charge is 0.353 e. The standard InChI is InChI=1S/C20H13Cl2NO2S/c21-14-6-7-16-15(10-14)17(13-8-9-26-11-13)18(20(24)25)23(16)19(22)12-4-2-1-3-5-12/h1-11,19H,(H,24,25). The van der Waals surface area contributed by atoms with Gasteiger partial charge in [0.2, 0.25) is 0 Å². The normalized spacial score (nSPS) is 12.4. The molecule has 4 rings (SSSR count). The molecule has 130 valence electrons. The molecule has 0 spiro atoms. The first-order valence-corrected chi connectivity index (χ1v) is 9.62. The minimum Gasteiger partial charge on any atom is -0.477 e. The number of fused-ring (bicyclic) bond motifs is 1. The zero-order valence-corrected chi connectivity index (χ0v) is 15.7. The van der Waals surface area contributed by atoms with Crippen molar-refractivity contribution in [2.24, 2.45) is 0 Å². The highest BCUT2D eigenvalue weighted by atomic mass is 35.5. The lowest BCUT2D eigenvalue weighted by Crippen LogP contribution is -2.13. The van der Waals surface area contributed by atoms with E-state index in [1.54, 1.807) is 16.7 Å². The molecule has 0 aliphatic heterocycles. The topological polar surface area (TPSA) is 42.2 Å². The lowest BCUT2D eigenvalue weighted by Gasteiger charge is -2.16. The van der Waals surface area contributed by atoms with Crippen LogP contribution in [0.2, 0.25) is 5.02 Å². The first-order valence-electron chi connectivity index (χ1n) is 7.86. The Kier molecular flexibility index (Phi) is 4.49. The van der Waals surface area contributed by atoms with Crippen LogP contribution in [0.1, 0.15) is 21.6 Å². The van der Waals surface area contributed by atoms with Gasteiger partial charge in [-0.15, -0.1) is 0 Å². The molecule has 1 unspecified atom stereocenters. The zero-order chi connectivity index (χ0) is 18.3. The predicted octanol–water partition coefficient (Wildman–Crippen LogP) is 6.51. The van der Waals surface area contributed by atoms with Gasteiger partial charge in [-0.1, -0.05) is 53.5 Å². The van der Waals surface area contributed by atoms with Gasteiger partial charge in [-0.05, 0) is 46.2 Å². The second kappa shape index (κ2) is 6.80. The zero-order valence-electron chi connectivity index (χ0n) is 13.4. The average Bonchev–Trinajstić information content (AvgIpc) is 3.27. The molecule has 0 radical (unpaired) electrons. The van der Waals surface area contributed by atoms with Crippen molar-refractivity contribution < 1.29 is 9.90 Å². The summed E-state index contributed by atoms with van der Waals surface area (Å²) < 4.78 is 1.66. The van der Waals surface area contributed by atoms with Crippen LogP contribution in [0.4, 0.5) is 0 Å². The van der Waals surface area contributed by atoms with E-state index >= 15 is 0 Å². The second-order valence-electron chi connectivity index (χ2n) is 5.82. The molecule has 3 nitrogen and oxygen atoms in total. The van der Waals surface area contributed by atoms with Gasteiger partial charge in [0.05, 0.1) is 5.52 Å². The van der Waals surface area contributed by atoms with Crippen molar-refractivity contribution >= 4 is 51.4 Å². The molecule has 0 saturated heterocycles. The summed E-state index contributed by atoms with van der Waals surface area (Å²) in [5, 5.41) is 15.2. The fraction of sp³-hybridized carbons (Fsp3) is 0.0500. The van der Waals surface area contributed by atoms with Crippen molar-refractivity contribution in [3.63, 3.8) is 0 Å². The summed E-state index contributed by atoms with van der Waals surface area (Å²) in [6, 6.07) is 16.7. The molecule has 0 amide bonds. The third kappa shape index (κ3) is 2.80. The molecule has 0 aliphatic rings. The van der Waals surface area contributed by atoms with Crippen LogP contribution in [0.15, 0.2) is 65.4 Å². The van der Waals surface area contributed by atoms with Gasteiger partial charge in [0.25, 0.3) is 0 Å². The SMILES string of the molecule is O=C(O)c1c(-c2ccsc2)c2cc(Cl)ccc2n1C(Cl)c1ccccc1. The van der Waals surface area contributed by atoms with Crippen LogP contribution < -0.4 is 0 Å². The van der Waals surface area contributed by atoms with Crippen LogP contribution in [-0.4, -0.2) is 15.6 Å². The fourth-order valence-corrected chi connectivity index (χ4v) is 4.36. The maximum absolute atomic E-state index is 12.2. The van der Waals surface area contributed by atoms with Gasteiger partial charge in [-0.2, -0.15) is 11.3 Å². The highest BCUT2D eigenvalue weighted by molar-refractivity contribution is 7.08. The molecular formula is C20H13Cl2NO2S. The number of hydrogen-bond donors (Lipinski definition) is 1. The number of carboxylic acid groups (broad SMARTS) is 1. The Labute approximate surface area is 164 Å². The summed E-state index contributed by atoms with van der Waals surface area (Å²) >= 11 is 14.5. The Hall–Kier alpha value is -2.27. The third-order valence-corrected chi connectivity index (χ3v) is 5.64. The Morgan fingerprint density at radius 3 is 2.54 bits per heavy atom. The molecule has 0 saturated carbocycles. The predicted molar refractivity (Wildman–Crippen MR) is 108 cm³/mol. The van der Waals surface area contributed by atoms with Gasteiger partial charge < -0.3 is 9.67 Å². The molecule has 0 fully saturated rings. The van der Waals surface area contributed by atoms with Crippen molar-refractivity contribution in [3.05, 3.63) is 81.6 Å². The molecule has 1 atom stereocenters. The first-order chi connectivity index (χ1) is 12.6. The molecular weight excluding hydrogens is 389 g/mol. The van der Waals surface area contributed by atoms with E-state index in [0.29, 0.717) is 10.6 Å². The minimum atomic E-state index is -1.03. The third-order valence-electron chi connectivity index (χ3n) is 4.28. The number of hydrogen-bond acceptors (Lipinski definition) is 2. The largest absolute Gasteiger partial charge is 0.477 e. The van der Waals surface area contributed by atoms with Crippen LogP contribution in [0.5, 0.6) is 0 Å². The number of aromatic carboxylic acids is 1. The van der Waals surface area contributed by atoms with E-state index in [-0.39, 0.29) is 5.69 Å². The summed E-state index contributed by atoms with van der Waals surface area (Å²) in [7, 11) is 0. The molecule has 0 aliphatic carbocycles. The van der Waals surface area contributed by atoms with Crippen LogP contribution in [-0.2, 0) is 0 Å². The molecule has 0 bridgehead atoms. The van der Waals surface area contributed by atoms with E-state index in [9.17, 15) is 9.90 Å². The van der Waals surface area contributed by atoms with Gasteiger partial charge in [0.1, 0.15) is 11.2 Å². The van der Waals surface area contributed by atoms with Crippen molar-refractivity contribution in [2.45, 2.75) is 5.50 Å². The highest BCUT2D eigenvalue weighted by Gasteiger charge is 2.27. The fourth-order valence-electron chi connectivity index (χ4n) is 3.19. The Morgan fingerprint density at radius 1 is 1.12 bits per heavy atom. The number of alkyl halides is 1. The van der Waals surface area contributed by atoms with Crippen LogP contribution in [0.25, 0.3) is 22.0 Å². The van der Waals surface area contributed by atoms with E-state index in [1.165, 1.54) is 11.3 Å². The number of benzene rings is 2. The first kappa shape index (κ1) is 17.2. The number of rotatable bonds is 4. The number of halogens is 2. The summed E-state index contributed by atoms with van der Waals surface area (Å²) in [5.41, 5.74) is 2.54. The van der Waals surface area contributed by atoms with Crippen LogP contribution in [0.3, 0.4) is 0 Å². The lowest BCUT2D eigenvalue weighted by atomic mass is 10.0. The van der Waals surface area contributed by atoms with E-state index in [4.69, 9.17) is 23.2 Å². The summed E-state index contributed by atoms with van der Waals surface area (Å²) in [6.07, 6.45) is 0. The number of aromatic nitrogens is 1. The van der Waals surface area contributed by atoms with E-state index in [0.717, 1.165) is 22.0 Å². The quantitative estimate of drug-likeness (QED) is 0.396. The van der Waals surface area contributed by atoms with Gasteiger partial charge in [-0.25, -0.2) is 4.79 Å². The monoisotopic (exact) mass is 401 g/mol. The van der Waals surface area contributed by atoms with E-state index in [2.05, 4.69) is 0 Å². The molecule has 4 aromatic rings. The molecule has 6 heteroatoms. The van der Waals surface area contributed by atoms with Crippen molar-refractivity contribution in [3.8, 4) is 11.1 Å². The summed E-state index contributed by atoms with van der Waals surface area (Å²) in [6.45, 7) is 0. The number of nitrogens with zero attached hydrogens (tertiary/aromatic N) is 1. The van der Waals surface area contributed by atoms with E-state index < -0.39 is 11.5 Å². The molecule has 2 aromatic carbocycles. The van der Waals surface area contributed by atoms with Crippen LogP contribution in [0, 0.1) is 0 Å². The maximum Gasteiger partial charge on any atom is 0.353 e. The number of carbonyl (C=O) groups is 1. The van der Waals surface area contributed by atoms with Gasteiger partial charge in [0.15, 0.2) is 0 Å². The molecule has 2 aromatic heterocycles. The lowest BCUT2D eigenvalue weighted by molar-refractivity contribution is 0.0687. The van der Waals surface area contributed by atoms with Crippen LogP contribution >= 0.6 is 34.5 Å². The molecule has 26 heavy (non-hydrogen) atoms. The molecule has 1 N–H and O–H groups in total. The van der Waals surface area contributed by atoms with E-state index in [1.807, 2.05) is 53.2 Å². The number of thiophene rings is 1. The Morgan fingerprint density at radius 2 is 1.88 bits per heavy atom.